The molecule has 0 amide bonds. The van der Waals surface area contributed by atoms with E-state index in [1.54, 1.807) is 0 Å². The first-order valence-electron chi connectivity index (χ1n) is 7.13. The molecule has 2 N–H and O–H groups in total. The summed E-state index contributed by atoms with van der Waals surface area (Å²) < 4.78 is 0. The van der Waals surface area contributed by atoms with Crippen molar-refractivity contribution in [2.24, 2.45) is 0 Å². The van der Waals surface area contributed by atoms with Gasteiger partial charge >= 0.3 is 0 Å². The van der Waals surface area contributed by atoms with Gasteiger partial charge in [-0.25, -0.2) is 0 Å². The second-order valence-corrected chi connectivity index (χ2v) is 5.60. The van der Waals surface area contributed by atoms with Gasteiger partial charge in [0.2, 0.25) is 0 Å². The van der Waals surface area contributed by atoms with Gasteiger partial charge in [0, 0.05) is 30.3 Å². The first-order chi connectivity index (χ1) is 9.20. The summed E-state index contributed by atoms with van der Waals surface area (Å²) >= 11 is 6.11. The molecule has 1 fully saturated rings. The summed E-state index contributed by atoms with van der Waals surface area (Å²) in [6.07, 6.45) is 2.70. The van der Waals surface area contributed by atoms with Crippen molar-refractivity contribution >= 4 is 17.3 Å². The number of aliphatic hydroxyl groups excluding tert-OH is 1. The number of rotatable bonds is 5. The molecule has 1 aromatic carbocycles. The highest BCUT2D eigenvalue weighted by Gasteiger charge is 2.19. The predicted octanol–water partition coefficient (Wildman–Crippen LogP) is 2.80. The van der Waals surface area contributed by atoms with E-state index in [-0.39, 0.29) is 6.10 Å². The highest BCUT2D eigenvalue weighted by molar-refractivity contribution is 6.30. The van der Waals surface area contributed by atoms with E-state index >= 15 is 0 Å². The molecule has 1 aromatic rings. The Balaban J connectivity index is 2.09. The molecule has 4 heteroatoms. The van der Waals surface area contributed by atoms with Gasteiger partial charge < -0.3 is 15.3 Å². The largest absolute Gasteiger partial charge is 0.393 e. The minimum Gasteiger partial charge on any atom is -0.393 e. The molecule has 0 bridgehead atoms. The third-order valence-electron chi connectivity index (χ3n) is 3.59. The van der Waals surface area contributed by atoms with E-state index < -0.39 is 0 Å². The Bertz CT molecular complexity index is 403. The molecule has 0 unspecified atom stereocenters. The maximum Gasteiger partial charge on any atom is 0.0574 e. The predicted molar refractivity (Wildman–Crippen MR) is 80.9 cm³/mol. The minimum absolute atomic E-state index is 0.134. The summed E-state index contributed by atoms with van der Waals surface area (Å²) in [5.74, 6) is 0. The molecular weight excluding hydrogens is 260 g/mol. The lowest BCUT2D eigenvalue weighted by Gasteiger charge is -2.33. The molecule has 0 spiro atoms. The van der Waals surface area contributed by atoms with E-state index in [0.717, 1.165) is 50.5 Å². The summed E-state index contributed by atoms with van der Waals surface area (Å²) in [6, 6.07) is 6.10. The van der Waals surface area contributed by atoms with Crippen molar-refractivity contribution in [1.82, 2.24) is 5.32 Å². The van der Waals surface area contributed by atoms with Gasteiger partial charge in [0.15, 0.2) is 0 Å². The van der Waals surface area contributed by atoms with E-state index in [1.165, 1.54) is 11.3 Å². The quantitative estimate of drug-likeness (QED) is 0.815. The number of halogens is 1. The number of piperidine rings is 1. The van der Waals surface area contributed by atoms with Gasteiger partial charge in [-0.3, -0.25) is 0 Å². The Hall–Kier alpha value is -0.770. The van der Waals surface area contributed by atoms with Crippen LogP contribution in [0.1, 0.15) is 31.7 Å². The maximum absolute atomic E-state index is 9.60. The molecule has 0 aromatic heterocycles. The standard InChI is InChI=1S/C15H23ClN2O/c1-2-7-17-11-12-10-13(16)3-4-15(12)18-8-5-14(19)6-9-18/h3-4,10,14,17,19H,2,5-9,11H2,1H3. The van der Waals surface area contributed by atoms with Crippen molar-refractivity contribution < 1.29 is 5.11 Å². The van der Waals surface area contributed by atoms with Crippen molar-refractivity contribution in [2.75, 3.05) is 24.5 Å². The summed E-state index contributed by atoms with van der Waals surface area (Å²) in [5, 5.41) is 13.8. The second kappa shape index (κ2) is 7.13. The van der Waals surface area contributed by atoms with Crippen LogP contribution in [-0.2, 0) is 6.54 Å². The number of hydrogen-bond donors (Lipinski definition) is 2. The number of anilines is 1. The summed E-state index contributed by atoms with van der Waals surface area (Å²) in [6.45, 7) is 5.87. The van der Waals surface area contributed by atoms with E-state index in [2.05, 4.69) is 23.2 Å². The van der Waals surface area contributed by atoms with Crippen LogP contribution in [0.2, 0.25) is 5.02 Å². The number of nitrogens with zero attached hydrogens (tertiary/aromatic N) is 1. The smallest absolute Gasteiger partial charge is 0.0574 e. The van der Waals surface area contributed by atoms with Gasteiger partial charge in [-0.05, 0) is 49.6 Å². The van der Waals surface area contributed by atoms with Crippen LogP contribution in [-0.4, -0.2) is 30.8 Å². The topological polar surface area (TPSA) is 35.5 Å². The van der Waals surface area contributed by atoms with Crippen LogP contribution >= 0.6 is 11.6 Å². The van der Waals surface area contributed by atoms with E-state index in [4.69, 9.17) is 11.6 Å². The van der Waals surface area contributed by atoms with Gasteiger partial charge in [0.1, 0.15) is 0 Å². The fourth-order valence-electron chi connectivity index (χ4n) is 2.51. The monoisotopic (exact) mass is 282 g/mol. The SMILES string of the molecule is CCCNCc1cc(Cl)ccc1N1CCC(O)CC1. The van der Waals surface area contributed by atoms with E-state index in [9.17, 15) is 5.11 Å². The van der Waals surface area contributed by atoms with Crippen molar-refractivity contribution in [3.8, 4) is 0 Å². The lowest BCUT2D eigenvalue weighted by atomic mass is 10.0. The summed E-state index contributed by atoms with van der Waals surface area (Å²) in [7, 11) is 0. The van der Waals surface area contributed by atoms with Gasteiger partial charge in [-0.2, -0.15) is 0 Å². The fourth-order valence-corrected chi connectivity index (χ4v) is 2.71. The highest BCUT2D eigenvalue weighted by atomic mass is 35.5. The van der Waals surface area contributed by atoms with E-state index in [0.29, 0.717) is 0 Å². The lowest BCUT2D eigenvalue weighted by Crippen LogP contribution is -2.36. The fraction of sp³-hybridized carbons (Fsp3) is 0.600. The van der Waals surface area contributed by atoms with Crippen LogP contribution in [0.4, 0.5) is 5.69 Å². The Morgan fingerprint density at radius 1 is 1.37 bits per heavy atom. The van der Waals surface area contributed by atoms with Crippen LogP contribution in [0.25, 0.3) is 0 Å². The molecule has 0 aliphatic carbocycles. The van der Waals surface area contributed by atoms with Crippen LogP contribution < -0.4 is 10.2 Å². The van der Waals surface area contributed by atoms with Crippen LogP contribution in [0.3, 0.4) is 0 Å². The first-order valence-corrected chi connectivity index (χ1v) is 7.50. The third kappa shape index (κ3) is 4.10. The maximum atomic E-state index is 9.60. The molecule has 1 heterocycles. The average Bonchev–Trinajstić information content (AvgIpc) is 2.41. The molecule has 1 aliphatic rings. The average molecular weight is 283 g/mol. The molecule has 1 aliphatic heterocycles. The summed E-state index contributed by atoms with van der Waals surface area (Å²) in [4.78, 5) is 2.35. The summed E-state index contributed by atoms with van der Waals surface area (Å²) in [5.41, 5.74) is 2.50. The molecule has 0 saturated carbocycles. The Morgan fingerprint density at radius 2 is 2.11 bits per heavy atom. The number of hydrogen-bond acceptors (Lipinski definition) is 3. The Morgan fingerprint density at radius 3 is 2.79 bits per heavy atom. The van der Waals surface area contributed by atoms with Crippen molar-refractivity contribution in [1.29, 1.82) is 0 Å². The highest BCUT2D eigenvalue weighted by Crippen LogP contribution is 2.27. The van der Waals surface area contributed by atoms with Gasteiger partial charge in [-0.1, -0.05) is 18.5 Å². The zero-order valence-corrected chi connectivity index (χ0v) is 12.3. The molecule has 1 saturated heterocycles. The zero-order valence-electron chi connectivity index (χ0n) is 11.5. The lowest BCUT2D eigenvalue weighted by molar-refractivity contribution is 0.145. The normalized spacial score (nSPS) is 16.9. The molecule has 0 atom stereocenters. The van der Waals surface area contributed by atoms with Crippen molar-refractivity contribution in [3.05, 3.63) is 28.8 Å². The Labute approximate surface area is 120 Å². The molecule has 0 radical (unpaired) electrons. The molecule has 3 nitrogen and oxygen atoms in total. The number of nitrogens with one attached hydrogen (secondary N) is 1. The molecule has 2 rings (SSSR count). The van der Waals surface area contributed by atoms with Crippen LogP contribution in [0.15, 0.2) is 18.2 Å². The first kappa shape index (κ1) is 14.6. The van der Waals surface area contributed by atoms with Crippen LogP contribution in [0.5, 0.6) is 0 Å². The van der Waals surface area contributed by atoms with Crippen molar-refractivity contribution in [3.63, 3.8) is 0 Å². The van der Waals surface area contributed by atoms with Crippen molar-refractivity contribution in [2.45, 2.75) is 38.8 Å². The third-order valence-corrected chi connectivity index (χ3v) is 3.82. The molecular formula is C15H23ClN2O. The second-order valence-electron chi connectivity index (χ2n) is 5.17. The van der Waals surface area contributed by atoms with Gasteiger partial charge in [0.25, 0.3) is 0 Å². The van der Waals surface area contributed by atoms with Gasteiger partial charge in [-0.15, -0.1) is 0 Å². The number of aliphatic hydroxyl groups is 1. The van der Waals surface area contributed by atoms with Crippen LogP contribution in [0, 0.1) is 0 Å². The minimum atomic E-state index is -0.134. The van der Waals surface area contributed by atoms with Gasteiger partial charge in [0.05, 0.1) is 6.10 Å². The Kier molecular flexibility index (Phi) is 5.49. The molecule has 19 heavy (non-hydrogen) atoms. The van der Waals surface area contributed by atoms with E-state index in [1.807, 2.05) is 12.1 Å². The molecule has 106 valence electrons. The zero-order chi connectivity index (χ0) is 13.7. The number of benzene rings is 1.